The lowest BCUT2D eigenvalue weighted by Crippen LogP contribution is -2.20. The Balaban J connectivity index is 3.00. The average molecular weight is 294 g/mol. The molecule has 0 heterocycles. The molecule has 0 N–H and O–H groups in total. The molecule has 0 aliphatic carbocycles. The van der Waals surface area contributed by atoms with E-state index >= 15 is 0 Å². The Hall–Kier alpha value is -1.14. The fraction of sp³-hybridized carbons (Fsp3) is 0.429. The molecular weight excluding hydrogens is 278 g/mol. The number of nitrogens with zero attached hydrogens (tertiary/aromatic N) is 1. The smallest absolute Gasteiger partial charge is 0.157 e. The highest BCUT2D eigenvalue weighted by molar-refractivity contribution is 9.10. The van der Waals surface area contributed by atoms with Crippen molar-refractivity contribution in [1.82, 2.24) is 0 Å². The Bertz CT molecular complexity index is 432. The van der Waals surface area contributed by atoms with Gasteiger partial charge in [0.25, 0.3) is 0 Å². The second kappa shape index (κ2) is 6.56. The summed E-state index contributed by atoms with van der Waals surface area (Å²) in [5.41, 5.74) is 0.777. The summed E-state index contributed by atoms with van der Waals surface area (Å²) in [5.74, 6) is -0.619. The number of hydrogen-bond donors (Lipinski definition) is 0. The molecule has 3 heteroatoms. The third-order valence-electron chi connectivity index (χ3n) is 2.98. The average Bonchev–Trinajstić information content (AvgIpc) is 2.31. The molecule has 1 aromatic rings. The van der Waals surface area contributed by atoms with E-state index in [-0.39, 0.29) is 11.7 Å². The quantitative estimate of drug-likeness (QED) is 0.821. The Labute approximate surface area is 111 Å². The van der Waals surface area contributed by atoms with Gasteiger partial charge in [-0.15, -0.1) is 0 Å². The van der Waals surface area contributed by atoms with Crippen LogP contribution in [-0.4, -0.2) is 5.78 Å². The lowest BCUT2D eigenvalue weighted by molar-refractivity contribution is -0.123. The summed E-state index contributed by atoms with van der Waals surface area (Å²) >= 11 is 3.36. The lowest BCUT2D eigenvalue weighted by atomic mass is 9.86. The van der Waals surface area contributed by atoms with Gasteiger partial charge in [-0.25, -0.2) is 0 Å². The maximum atomic E-state index is 12.2. The Morgan fingerprint density at radius 1 is 1.41 bits per heavy atom. The first kappa shape index (κ1) is 13.9. The van der Waals surface area contributed by atoms with Crippen molar-refractivity contribution in [2.75, 3.05) is 0 Å². The van der Waals surface area contributed by atoms with Crippen LogP contribution in [0.15, 0.2) is 28.7 Å². The molecule has 0 aliphatic rings. The van der Waals surface area contributed by atoms with Crippen LogP contribution in [0.25, 0.3) is 0 Å². The van der Waals surface area contributed by atoms with E-state index in [9.17, 15) is 10.1 Å². The number of rotatable bonds is 5. The molecule has 0 radical (unpaired) electrons. The van der Waals surface area contributed by atoms with Crippen molar-refractivity contribution in [1.29, 1.82) is 5.26 Å². The second-order valence-electron chi connectivity index (χ2n) is 4.03. The minimum absolute atomic E-state index is 0.0152. The van der Waals surface area contributed by atoms with Gasteiger partial charge in [-0.2, -0.15) is 5.26 Å². The summed E-state index contributed by atoms with van der Waals surface area (Å²) in [7, 11) is 0. The highest BCUT2D eigenvalue weighted by Crippen LogP contribution is 2.25. The molecule has 0 aromatic heterocycles. The van der Waals surface area contributed by atoms with Crippen LogP contribution in [0.2, 0.25) is 0 Å². The molecule has 0 spiro atoms. The molecule has 0 aliphatic heterocycles. The zero-order chi connectivity index (χ0) is 12.8. The minimum atomic E-state index is -0.641. The number of carbonyl (C=O) groups is 1. The summed E-state index contributed by atoms with van der Waals surface area (Å²) in [5, 5.41) is 9.19. The molecule has 2 nitrogen and oxygen atoms in total. The third kappa shape index (κ3) is 3.41. The van der Waals surface area contributed by atoms with Gasteiger partial charge in [-0.3, -0.25) is 4.79 Å². The number of benzene rings is 1. The summed E-state index contributed by atoms with van der Waals surface area (Å²) in [6, 6.07) is 9.54. The molecule has 1 atom stereocenters. The van der Waals surface area contributed by atoms with Gasteiger partial charge in [-0.05, 0) is 30.5 Å². The first-order chi connectivity index (χ1) is 8.13. The van der Waals surface area contributed by atoms with E-state index in [0.29, 0.717) is 0 Å². The summed E-state index contributed by atoms with van der Waals surface area (Å²) in [6.07, 6.45) is 1.59. The number of hydrogen-bond acceptors (Lipinski definition) is 2. The van der Waals surface area contributed by atoms with Gasteiger partial charge in [0.2, 0.25) is 0 Å². The Morgan fingerprint density at radius 3 is 2.53 bits per heavy atom. The molecule has 0 bridgehead atoms. The lowest BCUT2D eigenvalue weighted by Gasteiger charge is -2.15. The molecule has 1 unspecified atom stereocenters. The van der Waals surface area contributed by atoms with Crippen LogP contribution < -0.4 is 0 Å². The molecule has 0 saturated carbocycles. The van der Waals surface area contributed by atoms with Crippen LogP contribution in [0.4, 0.5) is 0 Å². The van der Waals surface area contributed by atoms with Crippen molar-refractivity contribution in [3.8, 4) is 6.07 Å². The third-order valence-corrected chi connectivity index (χ3v) is 3.48. The van der Waals surface area contributed by atoms with E-state index in [0.717, 1.165) is 22.9 Å². The van der Waals surface area contributed by atoms with E-state index in [1.165, 1.54) is 0 Å². The van der Waals surface area contributed by atoms with Crippen LogP contribution >= 0.6 is 15.9 Å². The fourth-order valence-electron chi connectivity index (χ4n) is 1.92. The van der Waals surface area contributed by atoms with Gasteiger partial charge >= 0.3 is 0 Å². The minimum Gasteiger partial charge on any atom is -0.298 e. The number of nitriles is 1. The topological polar surface area (TPSA) is 40.9 Å². The van der Waals surface area contributed by atoms with Gasteiger partial charge in [0.05, 0.1) is 6.07 Å². The zero-order valence-electron chi connectivity index (χ0n) is 10.1. The second-order valence-corrected chi connectivity index (χ2v) is 4.95. The van der Waals surface area contributed by atoms with E-state index in [4.69, 9.17) is 0 Å². The molecule has 0 amide bonds. The first-order valence-electron chi connectivity index (χ1n) is 5.82. The van der Waals surface area contributed by atoms with Crippen molar-refractivity contribution >= 4 is 21.7 Å². The maximum absolute atomic E-state index is 12.2. The number of carbonyl (C=O) groups excluding carboxylic acids is 1. The molecule has 90 valence electrons. The highest BCUT2D eigenvalue weighted by atomic mass is 79.9. The molecular formula is C14H16BrNO. The van der Waals surface area contributed by atoms with Crippen LogP contribution in [0.3, 0.4) is 0 Å². The van der Waals surface area contributed by atoms with Crippen molar-refractivity contribution in [3.63, 3.8) is 0 Å². The zero-order valence-corrected chi connectivity index (χ0v) is 11.7. The van der Waals surface area contributed by atoms with Crippen molar-refractivity contribution in [2.24, 2.45) is 5.92 Å². The molecule has 1 rings (SSSR count). The van der Waals surface area contributed by atoms with Gasteiger partial charge in [0.15, 0.2) is 5.78 Å². The van der Waals surface area contributed by atoms with Crippen LogP contribution in [0.5, 0.6) is 0 Å². The summed E-state index contributed by atoms with van der Waals surface area (Å²) in [6.45, 7) is 3.98. The largest absolute Gasteiger partial charge is 0.298 e. The maximum Gasteiger partial charge on any atom is 0.157 e. The van der Waals surface area contributed by atoms with E-state index in [1.807, 2.05) is 38.1 Å². The highest BCUT2D eigenvalue weighted by Gasteiger charge is 2.25. The Kier molecular flexibility index (Phi) is 5.37. The van der Waals surface area contributed by atoms with E-state index < -0.39 is 5.92 Å². The standard InChI is InChI=1S/C14H16BrNO/c1-3-10(4-2)14(17)13(9-16)11-6-5-7-12(15)8-11/h5-8,10,13H,3-4H2,1-2H3. The van der Waals surface area contributed by atoms with Gasteiger partial charge < -0.3 is 0 Å². The van der Waals surface area contributed by atoms with E-state index in [2.05, 4.69) is 22.0 Å². The Morgan fingerprint density at radius 2 is 2.06 bits per heavy atom. The predicted molar refractivity (Wildman–Crippen MR) is 71.6 cm³/mol. The molecule has 0 saturated heterocycles. The number of ketones is 1. The predicted octanol–water partition coefficient (Wildman–Crippen LogP) is 4.06. The van der Waals surface area contributed by atoms with Crippen LogP contribution in [0.1, 0.15) is 38.2 Å². The van der Waals surface area contributed by atoms with Crippen LogP contribution in [0, 0.1) is 17.2 Å². The normalized spacial score (nSPS) is 12.2. The SMILES string of the molecule is CCC(CC)C(=O)C(C#N)c1cccc(Br)c1. The van der Waals surface area contributed by atoms with Crippen LogP contribution in [-0.2, 0) is 4.79 Å². The van der Waals surface area contributed by atoms with Gasteiger partial charge in [-0.1, -0.05) is 41.9 Å². The first-order valence-corrected chi connectivity index (χ1v) is 6.62. The molecule has 0 fully saturated rings. The monoisotopic (exact) mass is 293 g/mol. The van der Waals surface area contributed by atoms with Crippen molar-refractivity contribution < 1.29 is 4.79 Å². The number of halogens is 1. The van der Waals surface area contributed by atoms with Gasteiger partial charge in [0.1, 0.15) is 5.92 Å². The van der Waals surface area contributed by atoms with Crippen molar-refractivity contribution in [3.05, 3.63) is 34.3 Å². The number of Topliss-reactive ketones (excluding diaryl/α,β-unsaturated/α-hetero) is 1. The molecule has 1 aromatic carbocycles. The van der Waals surface area contributed by atoms with Crippen molar-refractivity contribution in [2.45, 2.75) is 32.6 Å². The fourth-order valence-corrected chi connectivity index (χ4v) is 2.33. The summed E-state index contributed by atoms with van der Waals surface area (Å²) in [4.78, 5) is 12.2. The summed E-state index contributed by atoms with van der Waals surface area (Å²) < 4.78 is 0.896. The van der Waals surface area contributed by atoms with E-state index in [1.54, 1.807) is 0 Å². The van der Waals surface area contributed by atoms with Gasteiger partial charge in [0, 0.05) is 10.4 Å². The molecule has 17 heavy (non-hydrogen) atoms.